The first-order valence-corrected chi connectivity index (χ1v) is 11.2. The second-order valence-corrected chi connectivity index (χ2v) is 9.56. The van der Waals surface area contributed by atoms with Gasteiger partial charge in [-0.05, 0) is 24.0 Å². The van der Waals surface area contributed by atoms with E-state index < -0.39 is 15.7 Å². The number of benzene rings is 2. The Bertz CT molecular complexity index is 1180. The summed E-state index contributed by atoms with van der Waals surface area (Å²) in [7, 11) is -3.04. The molecule has 0 bridgehead atoms. The average Bonchev–Trinajstić information content (AvgIpc) is 3.17. The second-order valence-electron chi connectivity index (χ2n) is 7.33. The summed E-state index contributed by atoms with van der Waals surface area (Å²) in [5.74, 6) is -0.605. The second kappa shape index (κ2) is 7.79. The van der Waals surface area contributed by atoms with Gasteiger partial charge in [0, 0.05) is 11.8 Å². The van der Waals surface area contributed by atoms with Crippen molar-refractivity contribution in [1.29, 1.82) is 0 Å². The van der Waals surface area contributed by atoms with Gasteiger partial charge >= 0.3 is 0 Å². The van der Waals surface area contributed by atoms with E-state index in [2.05, 4.69) is 10.2 Å². The van der Waals surface area contributed by atoms with Gasteiger partial charge in [0.05, 0.1) is 23.6 Å². The number of amides is 1. The van der Waals surface area contributed by atoms with E-state index in [0.29, 0.717) is 18.4 Å². The summed E-state index contributed by atoms with van der Waals surface area (Å²) in [4.78, 5) is 12.2. The van der Waals surface area contributed by atoms with Crippen molar-refractivity contribution in [2.75, 3.05) is 11.5 Å². The Morgan fingerprint density at radius 3 is 2.55 bits per heavy atom. The molecule has 1 aliphatic rings. The van der Waals surface area contributed by atoms with E-state index in [1.54, 1.807) is 4.57 Å². The number of nitrogens with zero attached hydrogens (tertiary/aromatic N) is 3. The fourth-order valence-corrected chi connectivity index (χ4v) is 5.58. The van der Waals surface area contributed by atoms with Crippen molar-refractivity contribution in [2.45, 2.75) is 19.4 Å². The van der Waals surface area contributed by atoms with E-state index in [1.165, 1.54) is 0 Å². The molecule has 1 aliphatic heterocycles. The van der Waals surface area contributed by atoms with Gasteiger partial charge in [0.25, 0.3) is 5.91 Å². The third-order valence-electron chi connectivity index (χ3n) is 5.15. The summed E-state index contributed by atoms with van der Waals surface area (Å²) < 4.78 is 24.8. The normalized spacial score (nSPS) is 18.6. The lowest BCUT2D eigenvalue weighted by Crippen LogP contribution is -2.08. The molecule has 150 valence electrons. The molecule has 4 rings (SSSR count). The van der Waals surface area contributed by atoms with Crippen molar-refractivity contribution >= 4 is 32.3 Å². The van der Waals surface area contributed by atoms with Crippen LogP contribution >= 0.6 is 0 Å². The minimum atomic E-state index is -3.04. The van der Waals surface area contributed by atoms with Crippen molar-refractivity contribution in [1.82, 2.24) is 4.57 Å². The largest absolute Gasteiger partial charge is 0.493 e. The molecule has 1 amide bonds. The Balaban J connectivity index is 1.59. The van der Waals surface area contributed by atoms with Gasteiger partial charge in [0.15, 0.2) is 15.5 Å². The molecule has 2 heterocycles. The number of hydrogen-bond acceptors (Lipinski definition) is 5. The van der Waals surface area contributed by atoms with Crippen LogP contribution in [0.25, 0.3) is 10.9 Å². The van der Waals surface area contributed by atoms with Crippen LogP contribution in [0.15, 0.2) is 64.8 Å². The van der Waals surface area contributed by atoms with Crippen LogP contribution in [-0.2, 0) is 21.2 Å². The van der Waals surface area contributed by atoms with Gasteiger partial charge in [0.2, 0.25) is 5.88 Å². The van der Waals surface area contributed by atoms with Crippen LogP contribution in [0.2, 0.25) is 0 Å². The molecule has 8 heteroatoms. The zero-order chi connectivity index (χ0) is 20.4. The molecule has 7 nitrogen and oxygen atoms in total. The zero-order valence-corrected chi connectivity index (χ0v) is 16.5. The standard InChI is InChI=1S/C21H21N3O4S/c25-19(12-16-10-11-29(27,28)14-16)22-23-20-17-8-4-5-9-18(17)24(21(20)26)13-15-6-2-1-3-7-15/h1-9,16,26H,10-14H2/t16-/m1/s1. The van der Waals surface area contributed by atoms with E-state index in [0.717, 1.165) is 11.1 Å². The quantitative estimate of drug-likeness (QED) is 0.645. The molecule has 1 aromatic heterocycles. The average molecular weight is 411 g/mol. The van der Waals surface area contributed by atoms with E-state index in [9.17, 15) is 18.3 Å². The highest BCUT2D eigenvalue weighted by atomic mass is 32.2. The van der Waals surface area contributed by atoms with Gasteiger partial charge in [-0.15, -0.1) is 10.2 Å². The number of sulfone groups is 1. The van der Waals surface area contributed by atoms with Crippen LogP contribution < -0.4 is 0 Å². The van der Waals surface area contributed by atoms with Crippen molar-refractivity contribution in [3.05, 3.63) is 60.2 Å². The Morgan fingerprint density at radius 1 is 1.10 bits per heavy atom. The van der Waals surface area contributed by atoms with Gasteiger partial charge in [-0.2, -0.15) is 0 Å². The number of aromatic nitrogens is 1. The monoisotopic (exact) mass is 411 g/mol. The molecule has 0 aliphatic carbocycles. The smallest absolute Gasteiger partial charge is 0.265 e. The number of aromatic hydroxyl groups is 1. The number of carbonyl (C=O) groups is 1. The van der Waals surface area contributed by atoms with Crippen molar-refractivity contribution in [3.63, 3.8) is 0 Å². The summed E-state index contributed by atoms with van der Waals surface area (Å²) >= 11 is 0. The highest BCUT2D eigenvalue weighted by molar-refractivity contribution is 7.91. The molecule has 1 N–H and O–H groups in total. The molecule has 1 fully saturated rings. The van der Waals surface area contributed by atoms with E-state index >= 15 is 0 Å². The van der Waals surface area contributed by atoms with Gasteiger partial charge < -0.3 is 9.67 Å². The summed E-state index contributed by atoms with van der Waals surface area (Å²) in [6.45, 7) is 0.455. The molecule has 1 atom stereocenters. The third-order valence-corrected chi connectivity index (χ3v) is 6.99. The summed E-state index contributed by atoms with van der Waals surface area (Å²) in [5, 5.41) is 19.2. The predicted octanol–water partition coefficient (Wildman–Crippen LogP) is 3.83. The lowest BCUT2D eigenvalue weighted by molar-refractivity contribution is -0.119. The molecule has 29 heavy (non-hydrogen) atoms. The number of hydrogen-bond donors (Lipinski definition) is 1. The molecule has 0 radical (unpaired) electrons. The molecule has 3 aromatic rings. The minimum Gasteiger partial charge on any atom is -0.493 e. The predicted molar refractivity (Wildman–Crippen MR) is 110 cm³/mol. The zero-order valence-electron chi connectivity index (χ0n) is 15.7. The first-order valence-electron chi connectivity index (χ1n) is 9.42. The highest BCUT2D eigenvalue weighted by Gasteiger charge is 2.29. The molecule has 0 unspecified atom stereocenters. The number of para-hydroxylation sites is 1. The van der Waals surface area contributed by atoms with Crippen molar-refractivity contribution < 1.29 is 18.3 Å². The van der Waals surface area contributed by atoms with Crippen LogP contribution in [0, 0.1) is 5.92 Å². The summed E-state index contributed by atoms with van der Waals surface area (Å²) in [6, 6.07) is 17.1. The topological polar surface area (TPSA) is 101 Å². The van der Waals surface area contributed by atoms with Crippen molar-refractivity contribution in [2.24, 2.45) is 16.1 Å². The number of fused-ring (bicyclic) bond motifs is 1. The van der Waals surface area contributed by atoms with Crippen LogP contribution in [0.3, 0.4) is 0 Å². The SMILES string of the molecule is O=C(C[C@H]1CCS(=O)(=O)C1)N=Nc1c(O)n(Cc2ccccc2)c2ccccc12. The fraction of sp³-hybridized carbons (Fsp3) is 0.286. The molecule has 0 saturated carbocycles. The molecule has 0 spiro atoms. The van der Waals surface area contributed by atoms with E-state index in [-0.39, 0.29) is 35.4 Å². The van der Waals surface area contributed by atoms with Gasteiger partial charge in [-0.3, -0.25) is 4.79 Å². The first kappa shape index (κ1) is 19.3. The fourth-order valence-electron chi connectivity index (χ4n) is 3.72. The highest BCUT2D eigenvalue weighted by Crippen LogP contribution is 2.39. The van der Waals surface area contributed by atoms with Crippen LogP contribution in [0.5, 0.6) is 5.88 Å². The minimum absolute atomic E-state index is 0.0237. The van der Waals surface area contributed by atoms with Crippen molar-refractivity contribution in [3.8, 4) is 5.88 Å². The van der Waals surface area contributed by atoms with Gasteiger partial charge in [-0.1, -0.05) is 48.5 Å². The molecule has 1 saturated heterocycles. The van der Waals surface area contributed by atoms with E-state index in [4.69, 9.17) is 0 Å². The lowest BCUT2D eigenvalue weighted by Gasteiger charge is -2.06. The van der Waals surface area contributed by atoms with E-state index in [1.807, 2.05) is 54.6 Å². The Hall–Kier alpha value is -3.00. The van der Waals surface area contributed by atoms with Gasteiger partial charge in [0.1, 0.15) is 0 Å². The third kappa shape index (κ3) is 4.22. The molecule has 2 aromatic carbocycles. The number of azo groups is 1. The Labute approximate surface area is 168 Å². The molecular weight excluding hydrogens is 390 g/mol. The summed E-state index contributed by atoms with van der Waals surface area (Å²) in [6.07, 6.45) is 0.525. The lowest BCUT2D eigenvalue weighted by atomic mass is 10.1. The van der Waals surface area contributed by atoms with Crippen LogP contribution in [0.4, 0.5) is 5.69 Å². The molecular formula is C21H21N3O4S. The number of rotatable bonds is 5. The number of carbonyl (C=O) groups excluding carboxylic acids is 1. The maximum absolute atomic E-state index is 12.2. The summed E-state index contributed by atoms with van der Waals surface area (Å²) in [5.41, 5.74) is 2.05. The van der Waals surface area contributed by atoms with Crippen LogP contribution in [0.1, 0.15) is 18.4 Å². The maximum atomic E-state index is 12.2. The maximum Gasteiger partial charge on any atom is 0.265 e. The Morgan fingerprint density at radius 2 is 1.83 bits per heavy atom. The Kier molecular flexibility index (Phi) is 5.19. The van der Waals surface area contributed by atoms with Gasteiger partial charge in [-0.25, -0.2) is 8.42 Å². The first-order chi connectivity index (χ1) is 13.9. The van der Waals surface area contributed by atoms with Crippen LogP contribution in [-0.4, -0.2) is 35.5 Å².